The van der Waals surface area contributed by atoms with Crippen LogP contribution in [0.25, 0.3) is 0 Å². The third-order valence-electron chi connectivity index (χ3n) is 2.96. The molecule has 0 spiro atoms. The maximum atomic E-state index is 12.4. The minimum atomic E-state index is -1.45. The number of ether oxygens (including phenoxy) is 1. The molecule has 0 amide bonds. The number of carboxylic acid groups (broad SMARTS) is 1. The van der Waals surface area contributed by atoms with E-state index in [1.807, 2.05) is 14.1 Å². The Labute approximate surface area is 122 Å². The Kier molecular flexibility index (Phi) is 4.23. The van der Waals surface area contributed by atoms with E-state index in [9.17, 15) is 9.59 Å². The van der Waals surface area contributed by atoms with Gasteiger partial charge in [0.15, 0.2) is 5.78 Å². The summed E-state index contributed by atoms with van der Waals surface area (Å²) in [6, 6.07) is 13.5. The van der Waals surface area contributed by atoms with Gasteiger partial charge < -0.3 is 14.7 Å². The van der Waals surface area contributed by atoms with Crippen LogP contribution >= 0.6 is 0 Å². The molecular formula is C16H15NO4. The average molecular weight is 285 g/mol. The van der Waals surface area contributed by atoms with Gasteiger partial charge in [0.25, 0.3) is 0 Å². The van der Waals surface area contributed by atoms with Gasteiger partial charge in [-0.15, -0.1) is 0 Å². The average Bonchev–Trinajstić information content (AvgIpc) is 2.46. The van der Waals surface area contributed by atoms with Gasteiger partial charge in [-0.05, 0) is 12.1 Å². The van der Waals surface area contributed by atoms with Crippen LogP contribution < -0.4 is 9.64 Å². The van der Waals surface area contributed by atoms with Crippen LogP contribution in [-0.4, -0.2) is 31.1 Å². The highest BCUT2D eigenvalue weighted by molar-refractivity contribution is 6.11. The molecule has 0 aliphatic rings. The van der Waals surface area contributed by atoms with Crippen molar-refractivity contribution in [3.63, 3.8) is 0 Å². The lowest BCUT2D eigenvalue weighted by Crippen LogP contribution is -2.13. The summed E-state index contributed by atoms with van der Waals surface area (Å²) >= 11 is 0. The second kappa shape index (κ2) is 6.09. The minimum Gasteiger partial charge on any atom is -0.449 e. The number of hydrogen-bond acceptors (Lipinski definition) is 4. The number of benzene rings is 2. The van der Waals surface area contributed by atoms with E-state index in [2.05, 4.69) is 0 Å². The molecule has 0 aliphatic heterocycles. The lowest BCUT2D eigenvalue weighted by molar-refractivity contribution is 0.103. The zero-order chi connectivity index (χ0) is 15.4. The Bertz CT molecular complexity index is 665. The summed E-state index contributed by atoms with van der Waals surface area (Å²) in [4.78, 5) is 25.1. The number of carbonyl (C=O) groups is 2. The molecule has 0 radical (unpaired) electrons. The van der Waals surface area contributed by atoms with Gasteiger partial charge in [-0.3, -0.25) is 4.79 Å². The molecule has 2 rings (SSSR count). The van der Waals surface area contributed by atoms with Gasteiger partial charge in [0.05, 0.1) is 5.56 Å². The topological polar surface area (TPSA) is 66.8 Å². The molecule has 0 saturated carbocycles. The molecule has 0 aromatic heterocycles. The van der Waals surface area contributed by atoms with E-state index >= 15 is 0 Å². The van der Waals surface area contributed by atoms with Gasteiger partial charge in [0, 0.05) is 31.4 Å². The highest BCUT2D eigenvalue weighted by atomic mass is 16.7. The first kappa shape index (κ1) is 14.6. The van der Waals surface area contributed by atoms with Crippen LogP contribution in [0.4, 0.5) is 10.5 Å². The van der Waals surface area contributed by atoms with Gasteiger partial charge in [0.2, 0.25) is 0 Å². The first-order valence-electron chi connectivity index (χ1n) is 6.31. The molecule has 21 heavy (non-hydrogen) atoms. The van der Waals surface area contributed by atoms with E-state index in [1.54, 1.807) is 47.4 Å². The van der Waals surface area contributed by atoms with E-state index < -0.39 is 6.16 Å². The van der Waals surface area contributed by atoms with Crippen molar-refractivity contribution in [3.05, 3.63) is 59.7 Å². The number of hydrogen-bond donors (Lipinski definition) is 1. The normalized spacial score (nSPS) is 10.0. The Hall–Kier alpha value is -2.82. The molecule has 0 heterocycles. The maximum Gasteiger partial charge on any atom is 0.511 e. The molecule has 2 aromatic rings. The Morgan fingerprint density at radius 1 is 1.05 bits per heavy atom. The molecule has 0 saturated heterocycles. The van der Waals surface area contributed by atoms with Gasteiger partial charge in [-0.1, -0.05) is 30.3 Å². The van der Waals surface area contributed by atoms with Crippen LogP contribution in [0.3, 0.4) is 0 Å². The smallest absolute Gasteiger partial charge is 0.449 e. The van der Waals surface area contributed by atoms with E-state index in [4.69, 9.17) is 9.84 Å². The molecule has 5 heteroatoms. The summed E-state index contributed by atoms with van der Waals surface area (Å²) < 4.78 is 4.75. The third kappa shape index (κ3) is 3.39. The highest BCUT2D eigenvalue weighted by Gasteiger charge is 2.17. The SMILES string of the molecule is CN(C)c1ccc(C(=O)c2ccccc2)c(OC(=O)O)c1. The fourth-order valence-electron chi connectivity index (χ4n) is 1.90. The molecule has 0 aliphatic carbocycles. The fraction of sp³-hybridized carbons (Fsp3) is 0.125. The molecule has 0 bridgehead atoms. The quantitative estimate of drug-likeness (QED) is 0.531. The van der Waals surface area contributed by atoms with E-state index in [0.29, 0.717) is 5.56 Å². The van der Waals surface area contributed by atoms with Crippen molar-refractivity contribution < 1.29 is 19.4 Å². The van der Waals surface area contributed by atoms with Crippen molar-refractivity contribution in [1.82, 2.24) is 0 Å². The van der Waals surface area contributed by atoms with Crippen molar-refractivity contribution in [1.29, 1.82) is 0 Å². The monoisotopic (exact) mass is 285 g/mol. The van der Waals surface area contributed by atoms with Gasteiger partial charge >= 0.3 is 6.16 Å². The number of nitrogens with zero attached hydrogens (tertiary/aromatic N) is 1. The Balaban J connectivity index is 2.47. The van der Waals surface area contributed by atoms with Gasteiger partial charge in [-0.2, -0.15) is 0 Å². The third-order valence-corrected chi connectivity index (χ3v) is 2.96. The lowest BCUT2D eigenvalue weighted by atomic mass is 10.0. The summed E-state index contributed by atoms with van der Waals surface area (Å²) in [5, 5.41) is 8.83. The second-order valence-corrected chi connectivity index (χ2v) is 4.64. The minimum absolute atomic E-state index is 0.0301. The van der Waals surface area contributed by atoms with Crippen LogP contribution in [0.5, 0.6) is 5.75 Å². The van der Waals surface area contributed by atoms with Crippen LogP contribution in [0.15, 0.2) is 48.5 Å². The first-order valence-corrected chi connectivity index (χ1v) is 6.31. The van der Waals surface area contributed by atoms with Crippen LogP contribution in [0.2, 0.25) is 0 Å². The summed E-state index contributed by atoms with van der Waals surface area (Å²) in [6.07, 6.45) is -1.45. The molecule has 5 nitrogen and oxygen atoms in total. The highest BCUT2D eigenvalue weighted by Crippen LogP contribution is 2.27. The Morgan fingerprint density at radius 3 is 2.29 bits per heavy atom. The number of rotatable bonds is 4. The van der Waals surface area contributed by atoms with Crippen LogP contribution in [-0.2, 0) is 0 Å². The first-order chi connectivity index (χ1) is 9.99. The Morgan fingerprint density at radius 2 is 1.71 bits per heavy atom. The number of anilines is 1. The molecule has 108 valence electrons. The molecule has 0 unspecified atom stereocenters. The summed E-state index contributed by atoms with van der Waals surface area (Å²) in [5.74, 6) is -0.250. The fourth-order valence-corrected chi connectivity index (χ4v) is 1.90. The number of ketones is 1. The van der Waals surface area contributed by atoms with Crippen LogP contribution in [0.1, 0.15) is 15.9 Å². The van der Waals surface area contributed by atoms with Crippen molar-refractivity contribution in [2.45, 2.75) is 0 Å². The molecule has 2 aromatic carbocycles. The summed E-state index contributed by atoms with van der Waals surface area (Å²) in [6.45, 7) is 0. The van der Waals surface area contributed by atoms with Gasteiger partial charge in [0.1, 0.15) is 5.75 Å². The summed E-state index contributed by atoms with van der Waals surface area (Å²) in [5.41, 5.74) is 1.44. The van der Waals surface area contributed by atoms with Crippen molar-refractivity contribution >= 4 is 17.6 Å². The van der Waals surface area contributed by atoms with Crippen molar-refractivity contribution in [2.24, 2.45) is 0 Å². The molecule has 1 N–H and O–H groups in total. The molecule has 0 atom stereocenters. The lowest BCUT2D eigenvalue weighted by Gasteiger charge is -2.15. The zero-order valence-corrected chi connectivity index (χ0v) is 11.7. The van der Waals surface area contributed by atoms with E-state index in [0.717, 1.165) is 5.69 Å². The van der Waals surface area contributed by atoms with Crippen molar-refractivity contribution in [2.75, 3.05) is 19.0 Å². The van der Waals surface area contributed by atoms with Crippen molar-refractivity contribution in [3.8, 4) is 5.75 Å². The maximum absolute atomic E-state index is 12.4. The second-order valence-electron chi connectivity index (χ2n) is 4.64. The van der Waals surface area contributed by atoms with E-state index in [-0.39, 0.29) is 17.1 Å². The van der Waals surface area contributed by atoms with E-state index in [1.165, 1.54) is 6.07 Å². The predicted molar refractivity (Wildman–Crippen MR) is 79.3 cm³/mol. The molecule has 0 fully saturated rings. The standard InChI is InChI=1S/C16H15NO4/c1-17(2)12-8-9-13(14(10-12)21-16(19)20)15(18)11-6-4-3-5-7-11/h3-10H,1-2H3,(H,19,20). The number of carbonyl (C=O) groups excluding carboxylic acids is 1. The summed E-state index contributed by atoms with van der Waals surface area (Å²) in [7, 11) is 3.64. The predicted octanol–water partition coefficient (Wildman–Crippen LogP) is 3.04. The van der Waals surface area contributed by atoms with Gasteiger partial charge in [-0.25, -0.2) is 4.79 Å². The van der Waals surface area contributed by atoms with Crippen LogP contribution in [0, 0.1) is 0 Å². The molecular weight excluding hydrogens is 270 g/mol. The zero-order valence-electron chi connectivity index (χ0n) is 11.7. The largest absolute Gasteiger partial charge is 0.511 e.